The second-order valence-electron chi connectivity index (χ2n) is 4.35. The zero-order valence-corrected chi connectivity index (χ0v) is 11.0. The molecule has 2 N–H and O–H groups in total. The molecule has 0 aliphatic rings. The summed E-state index contributed by atoms with van der Waals surface area (Å²) in [5.74, 6) is 0. The Balaban J connectivity index is 2.05. The van der Waals surface area contributed by atoms with Crippen LogP contribution in [0.2, 0.25) is 0 Å². The third kappa shape index (κ3) is 1.85. The molecule has 0 aliphatic heterocycles. The van der Waals surface area contributed by atoms with Gasteiger partial charge in [0, 0.05) is 26.9 Å². The smallest absolute Gasteiger partial charge is 0.114 e. The molecule has 0 amide bonds. The molecule has 0 fully saturated rings. The summed E-state index contributed by atoms with van der Waals surface area (Å²) in [4.78, 5) is 5.50. The van der Waals surface area contributed by atoms with Gasteiger partial charge in [0.05, 0.1) is 0 Å². The molecule has 0 bridgehead atoms. The molecule has 3 rings (SSSR count). The minimum atomic E-state index is -0.533. The first kappa shape index (κ1) is 11.5. The zero-order valence-electron chi connectivity index (χ0n) is 10.2. The van der Waals surface area contributed by atoms with Gasteiger partial charge in [-0.3, -0.25) is 0 Å². The quantitative estimate of drug-likeness (QED) is 0.734. The molecule has 1 unspecified atom stereocenters. The standard InChI is InChI=1S/C15H15NOS/c1-2-10-6-7-14(18-10)15(17)12-4-3-5-13-11(12)8-9-16-13/h3-9,15-17H,2H2,1H3. The molecule has 2 aromatic heterocycles. The van der Waals surface area contributed by atoms with Crippen molar-refractivity contribution >= 4 is 22.2 Å². The van der Waals surface area contributed by atoms with Crippen molar-refractivity contribution in [2.45, 2.75) is 19.4 Å². The average molecular weight is 257 g/mol. The van der Waals surface area contributed by atoms with E-state index in [9.17, 15) is 5.11 Å². The molecule has 18 heavy (non-hydrogen) atoms. The van der Waals surface area contributed by atoms with Crippen molar-refractivity contribution in [2.75, 3.05) is 0 Å². The average Bonchev–Trinajstić information content (AvgIpc) is 3.05. The van der Waals surface area contributed by atoms with Crippen molar-refractivity contribution in [2.24, 2.45) is 0 Å². The number of aryl methyl sites for hydroxylation is 1. The topological polar surface area (TPSA) is 36.0 Å². The van der Waals surface area contributed by atoms with Crippen LogP contribution in [-0.4, -0.2) is 10.1 Å². The molecule has 0 saturated carbocycles. The second kappa shape index (κ2) is 4.59. The molecule has 1 aromatic carbocycles. The Morgan fingerprint density at radius 3 is 2.89 bits per heavy atom. The Hall–Kier alpha value is -1.58. The van der Waals surface area contributed by atoms with Gasteiger partial charge in [0.15, 0.2) is 0 Å². The summed E-state index contributed by atoms with van der Waals surface area (Å²) in [6.45, 7) is 2.13. The van der Waals surface area contributed by atoms with Crippen LogP contribution in [0.15, 0.2) is 42.6 Å². The lowest BCUT2D eigenvalue weighted by atomic mass is 10.0. The number of hydrogen-bond acceptors (Lipinski definition) is 2. The number of rotatable bonds is 3. The zero-order chi connectivity index (χ0) is 12.5. The van der Waals surface area contributed by atoms with E-state index in [4.69, 9.17) is 0 Å². The van der Waals surface area contributed by atoms with Gasteiger partial charge in [0.2, 0.25) is 0 Å². The summed E-state index contributed by atoms with van der Waals surface area (Å²) >= 11 is 1.69. The molecule has 3 aromatic rings. The predicted molar refractivity (Wildman–Crippen MR) is 76.1 cm³/mol. The van der Waals surface area contributed by atoms with E-state index < -0.39 is 6.10 Å². The van der Waals surface area contributed by atoms with E-state index >= 15 is 0 Å². The van der Waals surface area contributed by atoms with E-state index in [1.54, 1.807) is 11.3 Å². The molecular formula is C15H15NOS. The minimum Gasteiger partial charge on any atom is -0.383 e. The van der Waals surface area contributed by atoms with Crippen LogP contribution in [0.3, 0.4) is 0 Å². The van der Waals surface area contributed by atoms with Crippen molar-refractivity contribution in [1.82, 2.24) is 4.98 Å². The lowest BCUT2D eigenvalue weighted by molar-refractivity contribution is 0.226. The summed E-state index contributed by atoms with van der Waals surface area (Å²) in [7, 11) is 0. The molecule has 3 heteroatoms. The van der Waals surface area contributed by atoms with Crippen molar-refractivity contribution in [3.63, 3.8) is 0 Å². The monoisotopic (exact) mass is 257 g/mol. The van der Waals surface area contributed by atoms with Gasteiger partial charge in [-0.1, -0.05) is 19.1 Å². The molecule has 0 spiro atoms. The molecule has 1 atom stereocenters. The van der Waals surface area contributed by atoms with E-state index in [-0.39, 0.29) is 0 Å². The van der Waals surface area contributed by atoms with E-state index in [0.29, 0.717) is 0 Å². The summed E-state index contributed by atoms with van der Waals surface area (Å²) in [5, 5.41) is 11.6. The van der Waals surface area contributed by atoms with Crippen LogP contribution in [0.5, 0.6) is 0 Å². The fraction of sp³-hybridized carbons (Fsp3) is 0.200. The number of aromatic amines is 1. The normalized spacial score (nSPS) is 13.0. The first-order valence-corrected chi connectivity index (χ1v) is 6.94. The molecule has 2 nitrogen and oxygen atoms in total. The van der Waals surface area contributed by atoms with Crippen LogP contribution in [0.25, 0.3) is 10.9 Å². The third-order valence-electron chi connectivity index (χ3n) is 3.22. The summed E-state index contributed by atoms with van der Waals surface area (Å²) < 4.78 is 0. The highest BCUT2D eigenvalue weighted by Gasteiger charge is 2.15. The Bertz CT molecular complexity index is 668. The summed E-state index contributed by atoms with van der Waals surface area (Å²) in [6.07, 6.45) is 2.40. The number of benzene rings is 1. The van der Waals surface area contributed by atoms with Crippen LogP contribution in [0, 0.1) is 0 Å². The SMILES string of the molecule is CCc1ccc(C(O)c2cccc3[nH]ccc23)s1. The Kier molecular flexibility index (Phi) is 2.94. The van der Waals surface area contributed by atoms with Crippen molar-refractivity contribution < 1.29 is 5.11 Å². The molecule has 0 aliphatic carbocycles. The highest BCUT2D eigenvalue weighted by atomic mass is 32.1. The van der Waals surface area contributed by atoms with Gasteiger partial charge >= 0.3 is 0 Å². The van der Waals surface area contributed by atoms with Gasteiger partial charge in [-0.15, -0.1) is 11.3 Å². The van der Waals surface area contributed by atoms with Gasteiger partial charge in [-0.05, 0) is 36.2 Å². The third-order valence-corrected chi connectivity index (χ3v) is 4.51. The van der Waals surface area contributed by atoms with E-state index in [1.807, 2.05) is 36.5 Å². The molecular weight excluding hydrogens is 242 g/mol. The van der Waals surface area contributed by atoms with Crippen molar-refractivity contribution in [3.8, 4) is 0 Å². The van der Waals surface area contributed by atoms with E-state index in [0.717, 1.165) is 27.8 Å². The van der Waals surface area contributed by atoms with E-state index in [1.165, 1.54) is 4.88 Å². The molecule has 0 saturated heterocycles. The number of nitrogens with one attached hydrogen (secondary N) is 1. The fourth-order valence-corrected chi connectivity index (χ4v) is 3.19. The number of aliphatic hydroxyl groups is 1. The first-order chi connectivity index (χ1) is 8.79. The van der Waals surface area contributed by atoms with Gasteiger partial charge in [0.1, 0.15) is 6.10 Å². The van der Waals surface area contributed by atoms with Gasteiger partial charge in [-0.2, -0.15) is 0 Å². The number of fused-ring (bicyclic) bond motifs is 1. The largest absolute Gasteiger partial charge is 0.383 e. The summed E-state index contributed by atoms with van der Waals surface area (Å²) in [5.41, 5.74) is 2.04. The van der Waals surface area contributed by atoms with Gasteiger partial charge in [0.25, 0.3) is 0 Å². The molecule has 0 radical (unpaired) electrons. The maximum atomic E-state index is 10.5. The lowest BCUT2D eigenvalue weighted by Crippen LogP contribution is -1.97. The second-order valence-corrected chi connectivity index (χ2v) is 5.55. The van der Waals surface area contributed by atoms with Gasteiger partial charge in [-0.25, -0.2) is 0 Å². The number of thiophene rings is 1. The number of aromatic nitrogens is 1. The van der Waals surface area contributed by atoms with Crippen molar-refractivity contribution in [3.05, 3.63) is 57.9 Å². The van der Waals surface area contributed by atoms with Crippen LogP contribution >= 0.6 is 11.3 Å². The Labute approximate surface area is 110 Å². The number of hydrogen-bond donors (Lipinski definition) is 2. The summed E-state index contributed by atoms with van der Waals surface area (Å²) in [6, 6.07) is 12.1. The predicted octanol–water partition coefficient (Wildman–Crippen LogP) is 3.87. The number of aliphatic hydroxyl groups excluding tert-OH is 1. The van der Waals surface area contributed by atoms with Crippen LogP contribution in [0.1, 0.15) is 28.3 Å². The highest BCUT2D eigenvalue weighted by molar-refractivity contribution is 7.12. The Morgan fingerprint density at radius 1 is 1.22 bits per heavy atom. The van der Waals surface area contributed by atoms with Crippen LogP contribution in [0.4, 0.5) is 0 Å². The molecule has 92 valence electrons. The Morgan fingerprint density at radius 2 is 2.11 bits per heavy atom. The van der Waals surface area contributed by atoms with Crippen LogP contribution in [-0.2, 0) is 6.42 Å². The fourth-order valence-electron chi connectivity index (χ4n) is 2.23. The highest BCUT2D eigenvalue weighted by Crippen LogP contribution is 2.32. The maximum Gasteiger partial charge on any atom is 0.114 e. The minimum absolute atomic E-state index is 0.533. The lowest BCUT2D eigenvalue weighted by Gasteiger charge is -2.10. The number of H-pyrrole nitrogens is 1. The molecule has 2 heterocycles. The van der Waals surface area contributed by atoms with Gasteiger partial charge < -0.3 is 10.1 Å². The maximum absolute atomic E-state index is 10.5. The van der Waals surface area contributed by atoms with Crippen LogP contribution < -0.4 is 0 Å². The first-order valence-electron chi connectivity index (χ1n) is 6.12. The van der Waals surface area contributed by atoms with Crippen molar-refractivity contribution in [1.29, 1.82) is 0 Å². The van der Waals surface area contributed by atoms with E-state index in [2.05, 4.69) is 18.0 Å².